The first-order valence-electron chi connectivity index (χ1n) is 6.52. The van der Waals surface area contributed by atoms with Crippen LogP contribution in [0.3, 0.4) is 0 Å². The Kier molecular flexibility index (Phi) is 4.06. The van der Waals surface area contributed by atoms with Crippen molar-refractivity contribution in [2.24, 2.45) is 0 Å². The molecule has 2 aliphatic rings. The number of nitrogens with one attached hydrogen (secondary N) is 1. The van der Waals surface area contributed by atoms with Gasteiger partial charge in [0.05, 0.1) is 6.61 Å². The van der Waals surface area contributed by atoms with E-state index in [1.807, 2.05) is 0 Å². The van der Waals surface area contributed by atoms with Crippen LogP contribution in [-0.2, 0) is 9.53 Å². The van der Waals surface area contributed by atoms with Crippen molar-refractivity contribution < 1.29 is 19.4 Å². The van der Waals surface area contributed by atoms with Crippen molar-refractivity contribution in [3.63, 3.8) is 0 Å². The van der Waals surface area contributed by atoms with E-state index in [1.165, 1.54) is 0 Å². The number of urea groups is 1. The van der Waals surface area contributed by atoms with Crippen LogP contribution in [0.1, 0.15) is 32.1 Å². The number of carboxylic acid groups (broad SMARTS) is 1. The van der Waals surface area contributed by atoms with Gasteiger partial charge in [0, 0.05) is 26.1 Å². The topological polar surface area (TPSA) is 78.9 Å². The van der Waals surface area contributed by atoms with Gasteiger partial charge in [-0.2, -0.15) is 0 Å². The number of carboxylic acids is 1. The van der Waals surface area contributed by atoms with Gasteiger partial charge in [-0.15, -0.1) is 0 Å². The molecule has 0 aromatic carbocycles. The predicted octanol–water partition coefficient (Wildman–Crippen LogP) is 0.816. The summed E-state index contributed by atoms with van der Waals surface area (Å²) in [6.45, 7) is 1.86. The Morgan fingerprint density at radius 2 is 1.83 bits per heavy atom. The summed E-state index contributed by atoms with van der Waals surface area (Å²) in [7, 11) is 0. The molecule has 0 aliphatic carbocycles. The molecule has 2 amide bonds. The van der Waals surface area contributed by atoms with Gasteiger partial charge in [0.1, 0.15) is 0 Å². The summed E-state index contributed by atoms with van der Waals surface area (Å²) in [5, 5.41) is 11.9. The lowest BCUT2D eigenvalue weighted by atomic mass is 9.99. The lowest BCUT2D eigenvalue weighted by Gasteiger charge is -2.28. The lowest BCUT2D eigenvalue weighted by molar-refractivity contribution is -0.144. The maximum atomic E-state index is 12.1. The van der Waals surface area contributed by atoms with E-state index < -0.39 is 11.5 Å². The molecule has 2 fully saturated rings. The number of rotatable bonds is 2. The van der Waals surface area contributed by atoms with Gasteiger partial charge in [0.2, 0.25) is 0 Å². The molecule has 2 aliphatic heterocycles. The molecule has 1 atom stereocenters. The molecule has 2 rings (SSSR count). The van der Waals surface area contributed by atoms with Crippen molar-refractivity contribution in [3.05, 3.63) is 0 Å². The molecule has 102 valence electrons. The quantitative estimate of drug-likeness (QED) is 0.766. The normalized spacial score (nSPS) is 28.8. The van der Waals surface area contributed by atoms with Crippen molar-refractivity contribution in [1.29, 1.82) is 0 Å². The maximum absolute atomic E-state index is 12.1. The zero-order valence-electron chi connectivity index (χ0n) is 10.5. The van der Waals surface area contributed by atoms with E-state index in [4.69, 9.17) is 4.74 Å². The Morgan fingerprint density at radius 3 is 2.33 bits per heavy atom. The molecule has 0 radical (unpaired) electrons. The third-order valence-electron chi connectivity index (χ3n) is 3.67. The van der Waals surface area contributed by atoms with Crippen molar-refractivity contribution in [2.45, 2.75) is 37.6 Å². The summed E-state index contributed by atoms with van der Waals surface area (Å²) in [4.78, 5) is 25.1. The highest BCUT2D eigenvalue weighted by atomic mass is 16.5. The Bertz CT molecular complexity index is 318. The molecule has 0 saturated carbocycles. The average Bonchev–Trinajstić information content (AvgIpc) is 2.65. The van der Waals surface area contributed by atoms with Crippen LogP contribution in [0.4, 0.5) is 4.79 Å². The third-order valence-corrected chi connectivity index (χ3v) is 3.67. The highest BCUT2D eigenvalue weighted by molar-refractivity contribution is 5.86. The minimum atomic E-state index is -1.23. The number of amides is 2. The molecule has 2 N–H and O–H groups in total. The number of carbonyl (C=O) groups excluding carboxylic acids is 1. The number of nitrogens with zero attached hydrogens (tertiary/aromatic N) is 1. The van der Waals surface area contributed by atoms with Crippen molar-refractivity contribution >= 4 is 12.0 Å². The largest absolute Gasteiger partial charge is 0.479 e. The molecule has 1 unspecified atom stereocenters. The summed E-state index contributed by atoms with van der Waals surface area (Å²) >= 11 is 0. The van der Waals surface area contributed by atoms with Gasteiger partial charge in [-0.25, -0.2) is 9.59 Å². The molecule has 0 aromatic heterocycles. The monoisotopic (exact) mass is 256 g/mol. The highest BCUT2D eigenvalue weighted by Gasteiger charge is 2.44. The zero-order valence-corrected chi connectivity index (χ0v) is 10.5. The van der Waals surface area contributed by atoms with Crippen LogP contribution in [0.5, 0.6) is 0 Å². The molecule has 2 heterocycles. The summed E-state index contributed by atoms with van der Waals surface area (Å²) in [6.07, 6.45) is 4.59. The van der Waals surface area contributed by atoms with Crippen LogP contribution in [0, 0.1) is 0 Å². The van der Waals surface area contributed by atoms with E-state index in [0.29, 0.717) is 26.1 Å². The van der Waals surface area contributed by atoms with Gasteiger partial charge in [0.15, 0.2) is 5.54 Å². The lowest BCUT2D eigenvalue weighted by Crippen LogP contribution is -2.58. The van der Waals surface area contributed by atoms with Crippen LogP contribution >= 0.6 is 0 Å². The molecule has 0 spiro atoms. The fraction of sp³-hybridized carbons (Fsp3) is 0.833. The first kappa shape index (κ1) is 13.1. The van der Waals surface area contributed by atoms with Crippen LogP contribution in [0.15, 0.2) is 0 Å². The molecule has 0 bridgehead atoms. The average molecular weight is 256 g/mol. The predicted molar refractivity (Wildman–Crippen MR) is 64.4 cm³/mol. The van der Waals surface area contributed by atoms with E-state index >= 15 is 0 Å². The number of ether oxygens (including phenoxy) is 1. The number of hydrogen-bond donors (Lipinski definition) is 2. The maximum Gasteiger partial charge on any atom is 0.332 e. The number of likely N-dealkylation sites (tertiary alicyclic amines) is 1. The Morgan fingerprint density at radius 1 is 1.17 bits per heavy atom. The summed E-state index contributed by atoms with van der Waals surface area (Å²) in [5.41, 5.74) is -1.23. The summed E-state index contributed by atoms with van der Waals surface area (Å²) in [6, 6.07) is -0.273. The second-order valence-corrected chi connectivity index (χ2v) is 5.02. The number of hydrogen-bond acceptors (Lipinski definition) is 3. The summed E-state index contributed by atoms with van der Waals surface area (Å²) in [5.74, 6) is -1.01. The molecule has 6 heteroatoms. The van der Waals surface area contributed by atoms with Gasteiger partial charge in [-0.1, -0.05) is 12.8 Å². The van der Waals surface area contributed by atoms with Crippen LogP contribution < -0.4 is 5.32 Å². The van der Waals surface area contributed by atoms with Crippen LogP contribution in [0.2, 0.25) is 0 Å². The molecular formula is C12H20N2O4. The molecule has 18 heavy (non-hydrogen) atoms. The van der Waals surface area contributed by atoms with Gasteiger partial charge >= 0.3 is 12.0 Å². The first-order valence-corrected chi connectivity index (χ1v) is 6.52. The molecular weight excluding hydrogens is 236 g/mol. The van der Waals surface area contributed by atoms with E-state index in [2.05, 4.69) is 5.32 Å². The molecule has 2 saturated heterocycles. The van der Waals surface area contributed by atoms with Gasteiger partial charge in [-0.3, -0.25) is 0 Å². The van der Waals surface area contributed by atoms with Crippen LogP contribution in [-0.4, -0.2) is 53.8 Å². The van der Waals surface area contributed by atoms with Gasteiger partial charge in [-0.05, 0) is 12.8 Å². The first-order chi connectivity index (χ1) is 8.64. The van der Waals surface area contributed by atoms with Crippen molar-refractivity contribution in [1.82, 2.24) is 10.2 Å². The minimum Gasteiger partial charge on any atom is -0.479 e. The molecule has 0 aromatic rings. The standard InChI is InChI=1S/C12H20N2O4/c15-10(16)12(5-8-18-9-12)13-11(17)14-6-3-1-2-4-7-14/h1-9H2,(H,13,17)(H,15,16). The SMILES string of the molecule is O=C(NC1(C(=O)O)CCOC1)N1CCCCCC1. The zero-order chi connectivity index (χ0) is 13.0. The van der Waals surface area contributed by atoms with E-state index in [1.54, 1.807) is 4.90 Å². The van der Waals surface area contributed by atoms with Crippen molar-refractivity contribution in [2.75, 3.05) is 26.3 Å². The number of aliphatic carboxylic acids is 1. The van der Waals surface area contributed by atoms with Crippen LogP contribution in [0.25, 0.3) is 0 Å². The highest BCUT2D eigenvalue weighted by Crippen LogP contribution is 2.20. The van der Waals surface area contributed by atoms with Gasteiger partial charge < -0.3 is 20.1 Å². The smallest absolute Gasteiger partial charge is 0.332 e. The Hall–Kier alpha value is -1.30. The van der Waals surface area contributed by atoms with E-state index in [0.717, 1.165) is 25.7 Å². The fourth-order valence-corrected chi connectivity index (χ4v) is 2.44. The van der Waals surface area contributed by atoms with Crippen molar-refractivity contribution in [3.8, 4) is 0 Å². The third kappa shape index (κ3) is 2.75. The number of carbonyl (C=O) groups is 2. The minimum absolute atomic E-state index is 0.0575. The second kappa shape index (κ2) is 5.56. The second-order valence-electron chi connectivity index (χ2n) is 5.02. The summed E-state index contributed by atoms with van der Waals surface area (Å²) < 4.78 is 5.12. The van der Waals surface area contributed by atoms with E-state index in [-0.39, 0.29) is 12.6 Å². The fourth-order valence-electron chi connectivity index (χ4n) is 2.44. The van der Waals surface area contributed by atoms with Gasteiger partial charge in [0.25, 0.3) is 0 Å². The van der Waals surface area contributed by atoms with E-state index in [9.17, 15) is 14.7 Å². The molecule has 6 nitrogen and oxygen atoms in total. The Balaban J connectivity index is 1.98. The Labute approximate surface area is 106 Å².